The van der Waals surface area contributed by atoms with Gasteiger partial charge in [-0.05, 0) is 36.7 Å². The van der Waals surface area contributed by atoms with Crippen LogP contribution in [0.5, 0.6) is 0 Å². The Hall–Kier alpha value is -0.820. The van der Waals surface area contributed by atoms with Gasteiger partial charge in [-0.15, -0.1) is 0 Å². The highest BCUT2D eigenvalue weighted by molar-refractivity contribution is 5.25. The van der Waals surface area contributed by atoms with Gasteiger partial charge in [0.05, 0.1) is 0 Å². The van der Waals surface area contributed by atoms with Crippen LogP contribution in [0.2, 0.25) is 0 Å². The number of fused-ring (bicyclic) bond motifs is 2. The van der Waals surface area contributed by atoms with Crippen LogP contribution in [-0.4, -0.2) is 6.04 Å². The van der Waals surface area contributed by atoms with E-state index >= 15 is 0 Å². The molecule has 4 atom stereocenters. The van der Waals surface area contributed by atoms with Crippen LogP contribution < -0.4 is 5.73 Å². The first kappa shape index (κ1) is 8.49. The smallest absolute Gasteiger partial charge is 0.0139 e. The van der Waals surface area contributed by atoms with Crippen LogP contribution in [0.3, 0.4) is 0 Å². The number of hydrogen-bond acceptors (Lipinski definition) is 1. The predicted octanol–water partition coefficient (Wildman–Crippen LogP) is 2.53. The molecule has 1 aromatic carbocycles. The van der Waals surface area contributed by atoms with Crippen molar-refractivity contribution < 1.29 is 0 Å². The molecule has 0 radical (unpaired) electrons. The van der Waals surface area contributed by atoms with Gasteiger partial charge in [-0.2, -0.15) is 0 Å². The molecule has 0 heterocycles. The molecule has 14 heavy (non-hydrogen) atoms. The van der Waals surface area contributed by atoms with E-state index in [1.54, 1.807) is 0 Å². The summed E-state index contributed by atoms with van der Waals surface area (Å²) in [6.45, 7) is 0. The van der Waals surface area contributed by atoms with Gasteiger partial charge in [-0.25, -0.2) is 0 Å². The standard InChI is InChI=1S/C13H17N/c14-13-11-7-6-10(8-11)12(13)9-4-2-1-3-5-9/h1-5,10-13H,6-8,14H2/t10-,11+,12+,13-/m0/s1. The van der Waals surface area contributed by atoms with Crippen LogP contribution in [0.15, 0.2) is 30.3 Å². The van der Waals surface area contributed by atoms with Crippen LogP contribution in [0.4, 0.5) is 0 Å². The lowest BCUT2D eigenvalue weighted by molar-refractivity contribution is 0.366. The highest BCUT2D eigenvalue weighted by atomic mass is 14.7. The Bertz CT molecular complexity index is 317. The lowest BCUT2D eigenvalue weighted by Crippen LogP contribution is -2.33. The van der Waals surface area contributed by atoms with Gasteiger partial charge in [0.2, 0.25) is 0 Å². The molecule has 2 bridgehead atoms. The minimum atomic E-state index is 0.427. The second kappa shape index (κ2) is 3.09. The molecule has 0 saturated heterocycles. The predicted molar refractivity (Wildman–Crippen MR) is 58.0 cm³/mol. The number of nitrogens with two attached hydrogens (primary N) is 1. The van der Waals surface area contributed by atoms with Crippen LogP contribution >= 0.6 is 0 Å². The van der Waals surface area contributed by atoms with Gasteiger partial charge >= 0.3 is 0 Å². The van der Waals surface area contributed by atoms with Gasteiger partial charge in [0.15, 0.2) is 0 Å². The summed E-state index contributed by atoms with van der Waals surface area (Å²) in [6.07, 6.45) is 4.15. The van der Waals surface area contributed by atoms with E-state index in [-0.39, 0.29) is 0 Å². The van der Waals surface area contributed by atoms with E-state index in [0.717, 1.165) is 11.8 Å². The highest BCUT2D eigenvalue weighted by Gasteiger charge is 2.46. The molecule has 0 unspecified atom stereocenters. The van der Waals surface area contributed by atoms with Crippen molar-refractivity contribution in [1.82, 2.24) is 0 Å². The third-order valence-corrected chi connectivity index (χ3v) is 4.17. The van der Waals surface area contributed by atoms with Gasteiger partial charge in [0.25, 0.3) is 0 Å². The van der Waals surface area contributed by atoms with Crippen molar-refractivity contribution in [2.24, 2.45) is 17.6 Å². The fraction of sp³-hybridized carbons (Fsp3) is 0.538. The van der Waals surface area contributed by atoms with Crippen molar-refractivity contribution in [2.45, 2.75) is 31.2 Å². The third kappa shape index (κ3) is 1.12. The monoisotopic (exact) mass is 187 g/mol. The summed E-state index contributed by atoms with van der Waals surface area (Å²) < 4.78 is 0. The summed E-state index contributed by atoms with van der Waals surface area (Å²) in [5, 5.41) is 0. The number of hydrogen-bond donors (Lipinski definition) is 1. The third-order valence-electron chi connectivity index (χ3n) is 4.17. The van der Waals surface area contributed by atoms with E-state index in [2.05, 4.69) is 30.3 Å². The van der Waals surface area contributed by atoms with Gasteiger partial charge in [-0.3, -0.25) is 0 Å². The first-order valence-electron chi connectivity index (χ1n) is 5.67. The molecule has 2 N–H and O–H groups in total. The van der Waals surface area contributed by atoms with Crippen molar-refractivity contribution in [1.29, 1.82) is 0 Å². The summed E-state index contributed by atoms with van der Waals surface area (Å²) in [5.74, 6) is 2.33. The fourth-order valence-electron chi connectivity index (χ4n) is 3.51. The second-order valence-electron chi connectivity index (χ2n) is 4.85. The first-order valence-corrected chi connectivity index (χ1v) is 5.67. The maximum absolute atomic E-state index is 6.30. The minimum Gasteiger partial charge on any atom is -0.327 e. The van der Waals surface area contributed by atoms with Crippen molar-refractivity contribution in [2.75, 3.05) is 0 Å². The summed E-state index contributed by atoms with van der Waals surface area (Å²) >= 11 is 0. The molecular formula is C13H17N. The fourth-order valence-corrected chi connectivity index (χ4v) is 3.51. The molecule has 1 aromatic rings. The summed E-state index contributed by atoms with van der Waals surface area (Å²) in [7, 11) is 0. The number of rotatable bonds is 1. The lowest BCUT2D eigenvalue weighted by atomic mass is 9.80. The van der Waals surface area contributed by atoms with E-state index in [0.29, 0.717) is 12.0 Å². The van der Waals surface area contributed by atoms with Gasteiger partial charge < -0.3 is 5.73 Å². The van der Waals surface area contributed by atoms with E-state index in [4.69, 9.17) is 5.73 Å². The molecule has 74 valence electrons. The Morgan fingerprint density at radius 3 is 2.36 bits per heavy atom. The maximum Gasteiger partial charge on any atom is 0.0139 e. The van der Waals surface area contributed by atoms with Crippen molar-refractivity contribution in [3.05, 3.63) is 35.9 Å². The average molecular weight is 187 g/mol. The topological polar surface area (TPSA) is 26.0 Å². The largest absolute Gasteiger partial charge is 0.327 e. The van der Waals surface area contributed by atoms with Crippen molar-refractivity contribution in [3.8, 4) is 0 Å². The van der Waals surface area contributed by atoms with Crippen LogP contribution in [0, 0.1) is 11.8 Å². The minimum absolute atomic E-state index is 0.427. The molecule has 0 amide bonds. The Kier molecular flexibility index (Phi) is 1.88. The van der Waals surface area contributed by atoms with Gasteiger partial charge in [-0.1, -0.05) is 30.3 Å². The zero-order chi connectivity index (χ0) is 9.54. The van der Waals surface area contributed by atoms with Crippen molar-refractivity contribution >= 4 is 0 Å². The van der Waals surface area contributed by atoms with E-state index in [1.807, 2.05) is 0 Å². The summed E-state index contributed by atoms with van der Waals surface area (Å²) in [6, 6.07) is 11.3. The molecule has 2 fully saturated rings. The van der Waals surface area contributed by atoms with Gasteiger partial charge in [0.1, 0.15) is 0 Å². The molecule has 0 aromatic heterocycles. The van der Waals surface area contributed by atoms with Crippen LogP contribution in [0.25, 0.3) is 0 Å². The number of benzene rings is 1. The molecule has 0 spiro atoms. The normalized spacial score (nSPS) is 40.4. The quantitative estimate of drug-likeness (QED) is 0.718. The Labute approximate surface area is 85.3 Å². The van der Waals surface area contributed by atoms with Crippen LogP contribution in [0.1, 0.15) is 30.7 Å². The Morgan fingerprint density at radius 2 is 1.71 bits per heavy atom. The maximum atomic E-state index is 6.30. The molecule has 1 nitrogen and oxygen atoms in total. The molecule has 2 aliphatic rings. The SMILES string of the molecule is N[C@H]1[C@@H]2CC[C@@H](C2)[C@H]1c1ccccc1. The molecular weight excluding hydrogens is 170 g/mol. The summed E-state index contributed by atoms with van der Waals surface area (Å²) in [4.78, 5) is 0. The van der Waals surface area contributed by atoms with E-state index < -0.39 is 0 Å². The Morgan fingerprint density at radius 1 is 1.00 bits per heavy atom. The van der Waals surface area contributed by atoms with E-state index in [9.17, 15) is 0 Å². The lowest BCUT2D eigenvalue weighted by Gasteiger charge is -2.28. The molecule has 2 aliphatic carbocycles. The zero-order valence-electron chi connectivity index (χ0n) is 8.39. The van der Waals surface area contributed by atoms with Gasteiger partial charge in [0, 0.05) is 12.0 Å². The highest BCUT2D eigenvalue weighted by Crippen LogP contribution is 2.51. The molecule has 2 saturated carbocycles. The second-order valence-corrected chi connectivity index (χ2v) is 4.85. The first-order chi connectivity index (χ1) is 6.86. The van der Waals surface area contributed by atoms with Crippen molar-refractivity contribution in [3.63, 3.8) is 0 Å². The molecule has 1 heteroatoms. The zero-order valence-corrected chi connectivity index (χ0v) is 8.39. The average Bonchev–Trinajstić information content (AvgIpc) is 2.79. The Balaban J connectivity index is 1.93. The van der Waals surface area contributed by atoms with E-state index in [1.165, 1.54) is 24.8 Å². The summed E-state index contributed by atoms with van der Waals surface area (Å²) in [5.41, 5.74) is 7.76. The van der Waals surface area contributed by atoms with Crippen LogP contribution in [-0.2, 0) is 0 Å². The molecule has 0 aliphatic heterocycles. The molecule has 3 rings (SSSR count).